The van der Waals surface area contributed by atoms with Crippen LogP contribution in [0.1, 0.15) is 38.2 Å². The fraction of sp³-hybridized carbons (Fsp3) is 0.200. The van der Waals surface area contributed by atoms with Gasteiger partial charge < -0.3 is 4.57 Å². The summed E-state index contributed by atoms with van der Waals surface area (Å²) in [6.45, 7) is 2.26. The van der Waals surface area contributed by atoms with Crippen LogP contribution in [0.3, 0.4) is 0 Å². The molecule has 0 aliphatic heterocycles. The number of nitrogens with zero attached hydrogens (tertiary/aromatic N) is 1. The van der Waals surface area contributed by atoms with Crippen LogP contribution in [-0.4, -0.2) is 4.57 Å². The normalized spacial score (nSPS) is 11.5. The van der Waals surface area contributed by atoms with E-state index < -0.39 is 0 Å². The summed E-state index contributed by atoms with van der Waals surface area (Å²) in [7, 11) is 0. The average Bonchev–Trinajstić information content (AvgIpc) is 3.17. The highest BCUT2D eigenvalue weighted by atomic mass is 79.9. The van der Waals surface area contributed by atoms with Gasteiger partial charge in [-0.15, -0.1) is 0 Å². The van der Waals surface area contributed by atoms with Crippen molar-refractivity contribution >= 4 is 53.7 Å². The van der Waals surface area contributed by atoms with Gasteiger partial charge >= 0.3 is 0 Å². The van der Waals surface area contributed by atoms with Crippen LogP contribution in [0.5, 0.6) is 0 Å². The maximum atomic E-state index is 3.73. The number of hydrogen-bond donors (Lipinski definition) is 0. The number of hydrogen-bond acceptors (Lipinski definition) is 0. The van der Waals surface area contributed by atoms with E-state index in [9.17, 15) is 0 Å². The van der Waals surface area contributed by atoms with Gasteiger partial charge in [0.2, 0.25) is 0 Å². The minimum atomic E-state index is 1.08. The van der Waals surface area contributed by atoms with Crippen LogP contribution in [0.15, 0.2) is 93.9 Å². The molecule has 0 aliphatic carbocycles. The third-order valence-corrected chi connectivity index (χ3v) is 7.61. The zero-order chi connectivity index (χ0) is 22.8. The standard InChI is InChI=1S/C30H27Br2N/c1-2-3-4-5-8-21-11-15-24(16-12-21)33-29-10-7-6-9-25(29)27-19-22(13-18-30(27)33)26-20-23(31)14-17-28(26)32/h6-7,9-20H,2-5,8H2,1H3. The number of aryl methyl sites for hydroxylation is 1. The molecule has 0 bridgehead atoms. The second-order valence-corrected chi connectivity index (χ2v) is 10.5. The van der Waals surface area contributed by atoms with E-state index in [0.29, 0.717) is 0 Å². The number of benzene rings is 4. The molecule has 0 spiro atoms. The Hall–Kier alpha value is -2.36. The summed E-state index contributed by atoms with van der Waals surface area (Å²) in [5, 5.41) is 2.56. The first-order valence-corrected chi connectivity index (χ1v) is 13.3. The molecule has 0 aliphatic rings. The molecule has 4 aromatic carbocycles. The van der Waals surface area contributed by atoms with E-state index >= 15 is 0 Å². The molecule has 1 heterocycles. The van der Waals surface area contributed by atoms with E-state index in [2.05, 4.69) is 128 Å². The fourth-order valence-corrected chi connectivity index (χ4v) is 5.54. The summed E-state index contributed by atoms with van der Waals surface area (Å²) < 4.78 is 4.58. The van der Waals surface area contributed by atoms with Crippen molar-refractivity contribution in [2.75, 3.05) is 0 Å². The summed E-state index contributed by atoms with van der Waals surface area (Å²) in [6, 6.07) is 31.0. The van der Waals surface area contributed by atoms with Gasteiger partial charge in [0.1, 0.15) is 0 Å². The molecular weight excluding hydrogens is 534 g/mol. The van der Waals surface area contributed by atoms with Crippen molar-refractivity contribution in [1.82, 2.24) is 4.57 Å². The third-order valence-electron chi connectivity index (χ3n) is 6.43. The number of para-hydroxylation sites is 1. The maximum absolute atomic E-state index is 3.73. The first-order chi connectivity index (χ1) is 16.2. The number of halogens is 2. The monoisotopic (exact) mass is 559 g/mol. The molecule has 0 saturated heterocycles. The second kappa shape index (κ2) is 9.87. The SMILES string of the molecule is CCCCCCc1ccc(-n2c3ccccc3c3cc(-c4cc(Br)ccc4Br)ccc32)cc1. The van der Waals surface area contributed by atoms with Gasteiger partial charge in [-0.2, -0.15) is 0 Å². The van der Waals surface area contributed by atoms with E-state index in [1.807, 2.05) is 0 Å². The lowest BCUT2D eigenvalue weighted by atomic mass is 10.0. The van der Waals surface area contributed by atoms with Crippen LogP contribution >= 0.6 is 31.9 Å². The van der Waals surface area contributed by atoms with Crippen LogP contribution in [0, 0.1) is 0 Å². The number of rotatable bonds is 7. The molecule has 0 N–H and O–H groups in total. The summed E-state index contributed by atoms with van der Waals surface area (Å²) in [5.41, 5.74) is 7.53. The fourth-order valence-electron chi connectivity index (χ4n) is 4.70. The number of aromatic nitrogens is 1. The Labute approximate surface area is 212 Å². The van der Waals surface area contributed by atoms with Gasteiger partial charge in [-0.05, 0) is 78.1 Å². The van der Waals surface area contributed by atoms with Crippen molar-refractivity contribution in [2.24, 2.45) is 0 Å². The quantitative estimate of drug-likeness (QED) is 0.174. The van der Waals surface area contributed by atoms with Gasteiger partial charge in [0, 0.05) is 25.4 Å². The van der Waals surface area contributed by atoms with Gasteiger partial charge in [-0.25, -0.2) is 0 Å². The Kier molecular flexibility index (Phi) is 6.71. The Morgan fingerprint density at radius 2 is 1.48 bits per heavy atom. The molecule has 0 radical (unpaired) electrons. The molecule has 0 fully saturated rings. The van der Waals surface area contributed by atoms with Gasteiger partial charge in [-0.1, -0.05) is 94.4 Å². The highest BCUT2D eigenvalue weighted by molar-refractivity contribution is 9.11. The van der Waals surface area contributed by atoms with E-state index in [0.717, 1.165) is 8.95 Å². The van der Waals surface area contributed by atoms with Crippen LogP contribution < -0.4 is 0 Å². The number of fused-ring (bicyclic) bond motifs is 3. The molecule has 33 heavy (non-hydrogen) atoms. The lowest BCUT2D eigenvalue weighted by molar-refractivity contribution is 0.667. The minimum absolute atomic E-state index is 1.08. The van der Waals surface area contributed by atoms with Gasteiger partial charge in [0.25, 0.3) is 0 Å². The predicted octanol–water partition coefficient (Wildman–Crippen LogP) is 10.1. The van der Waals surface area contributed by atoms with Crippen LogP contribution in [0.2, 0.25) is 0 Å². The largest absolute Gasteiger partial charge is 0.309 e. The second-order valence-electron chi connectivity index (χ2n) is 8.69. The van der Waals surface area contributed by atoms with Crippen molar-refractivity contribution in [1.29, 1.82) is 0 Å². The van der Waals surface area contributed by atoms with E-state index in [4.69, 9.17) is 0 Å². The molecule has 0 amide bonds. The summed E-state index contributed by atoms with van der Waals surface area (Å²) >= 11 is 7.35. The van der Waals surface area contributed by atoms with Crippen LogP contribution in [0.25, 0.3) is 38.6 Å². The highest BCUT2D eigenvalue weighted by Gasteiger charge is 2.14. The topological polar surface area (TPSA) is 4.93 Å². The van der Waals surface area contributed by atoms with Crippen molar-refractivity contribution in [3.05, 3.63) is 99.4 Å². The van der Waals surface area contributed by atoms with E-state index in [1.165, 1.54) is 76.3 Å². The Bertz CT molecular complexity index is 1410. The predicted molar refractivity (Wildman–Crippen MR) is 149 cm³/mol. The summed E-state index contributed by atoms with van der Waals surface area (Å²) in [6.07, 6.45) is 6.38. The molecule has 0 atom stereocenters. The maximum Gasteiger partial charge on any atom is 0.0541 e. The molecule has 166 valence electrons. The van der Waals surface area contributed by atoms with Crippen molar-refractivity contribution < 1.29 is 0 Å². The zero-order valence-corrected chi connectivity index (χ0v) is 22.0. The van der Waals surface area contributed by atoms with Gasteiger partial charge in [0.05, 0.1) is 11.0 Å². The van der Waals surface area contributed by atoms with E-state index in [-0.39, 0.29) is 0 Å². The summed E-state index contributed by atoms with van der Waals surface area (Å²) in [5.74, 6) is 0. The van der Waals surface area contributed by atoms with Gasteiger partial charge in [0.15, 0.2) is 0 Å². The van der Waals surface area contributed by atoms with Crippen LogP contribution in [0.4, 0.5) is 0 Å². The Balaban J connectivity index is 1.59. The molecular formula is C30H27Br2N. The lowest BCUT2D eigenvalue weighted by Gasteiger charge is -2.10. The highest BCUT2D eigenvalue weighted by Crippen LogP contribution is 2.37. The first-order valence-electron chi connectivity index (χ1n) is 11.7. The molecule has 1 nitrogen and oxygen atoms in total. The van der Waals surface area contributed by atoms with E-state index in [1.54, 1.807) is 0 Å². The number of unbranched alkanes of at least 4 members (excludes halogenated alkanes) is 3. The Morgan fingerprint density at radius 3 is 2.30 bits per heavy atom. The van der Waals surface area contributed by atoms with Crippen LogP contribution in [-0.2, 0) is 6.42 Å². The molecule has 5 aromatic rings. The molecule has 1 aromatic heterocycles. The molecule has 3 heteroatoms. The van der Waals surface area contributed by atoms with Crippen molar-refractivity contribution in [2.45, 2.75) is 39.0 Å². The Morgan fingerprint density at radius 1 is 0.697 bits per heavy atom. The third kappa shape index (κ3) is 4.54. The minimum Gasteiger partial charge on any atom is -0.309 e. The molecule has 0 saturated carbocycles. The van der Waals surface area contributed by atoms with Gasteiger partial charge in [-0.3, -0.25) is 0 Å². The average molecular weight is 561 g/mol. The zero-order valence-electron chi connectivity index (χ0n) is 18.8. The van der Waals surface area contributed by atoms with Crippen molar-refractivity contribution in [3.63, 3.8) is 0 Å². The molecule has 5 rings (SSSR count). The van der Waals surface area contributed by atoms with Crippen molar-refractivity contribution in [3.8, 4) is 16.8 Å². The smallest absolute Gasteiger partial charge is 0.0541 e. The molecule has 0 unspecified atom stereocenters. The lowest BCUT2D eigenvalue weighted by Crippen LogP contribution is -1.95. The first kappa shape index (κ1) is 22.4. The summed E-state index contributed by atoms with van der Waals surface area (Å²) in [4.78, 5) is 0.